The zero-order valence-corrected chi connectivity index (χ0v) is 13.1. The quantitative estimate of drug-likeness (QED) is 0.842. The molecule has 4 nitrogen and oxygen atoms in total. The van der Waals surface area contributed by atoms with Crippen molar-refractivity contribution in [1.82, 2.24) is 4.90 Å². The van der Waals surface area contributed by atoms with E-state index in [-0.39, 0.29) is 11.8 Å². The molecule has 112 valence electrons. The van der Waals surface area contributed by atoms with Crippen molar-refractivity contribution in [3.05, 3.63) is 28.8 Å². The molecular weight excluding hydrogens is 276 g/mol. The smallest absolute Gasteiger partial charge is 0.223 e. The maximum Gasteiger partial charge on any atom is 0.223 e. The second-order valence-electron chi connectivity index (χ2n) is 4.60. The number of hydrogen-bond donors (Lipinski definition) is 1. The van der Waals surface area contributed by atoms with Crippen LogP contribution in [0.1, 0.15) is 31.7 Å². The molecule has 1 amide bonds. The molecule has 0 saturated heterocycles. The molecule has 1 atom stereocenters. The van der Waals surface area contributed by atoms with Gasteiger partial charge in [-0.2, -0.15) is 0 Å². The van der Waals surface area contributed by atoms with Gasteiger partial charge in [0.1, 0.15) is 5.75 Å². The Bertz CT molecular complexity index is 447. The number of halogens is 1. The summed E-state index contributed by atoms with van der Waals surface area (Å²) >= 11 is 6.12. The Labute approximate surface area is 125 Å². The van der Waals surface area contributed by atoms with E-state index in [4.69, 9.17) is 22.1 Å². The standard InChI is InChI=1S/C15H23ClN2O2/c1-4-18(5-2)15(19)9-12(10-17)11-6-7-14(20-3)13(16)8-11/h6-8,12H,4-5,9-10,17H2,1-3H3. The highest BCUT2D eigenvalue weighted by atomic mass is 35.5. The van der Waals surface area contributed by atoms with E-state index in [0.717, 1.165) is 18.7 Å². The molecule has 0 spiro atoms. The number of carbonyl (C=O) groups excluding carboxylic acids is 1. The molecule has 0 heterocycles. The van der Waals surface area contributed by atoms with E-state index in [1.807, 2.05) is 36.9 Å². The van der Waals surface area contributed by atoms with Gasteiger partial charge in [-0.1, -0.05) is 17.7 Å². The van der Waals surface area contributed by atoms with Gasteiger partial charge in [0.25, 0.3) is 0 Å². The lowest BCUT2D eigenvalue weighted by Gasteiger charge is -2.22. The largest absolute Gasteiger partial charge is 0.495 e. The van der Waals surface area contributed by atoms with Crippen molar-refractivity contribution < 1.29 is 9.53 Å². The minimum absolute atomic E-state index is 0.0218. The number of nitrogens with two attached hydrogens (primary N) is 1. The molecule has 0 aliphatic heterocycles. The van der Waals surface area contributed by atoms with Crippen LogP contribution in [0, 0.1) is 0 Å². The van der Waals surface area contributed by atoms with Crippen molar-refractivity contribution >= 4 is 17.5 Å². The molecule has 0 aromatic heterocycles. The fourth-order valence-electron chi connectivity index (χ4n) is 2.19. The van der Waals surface area contributed by atoms with Gasteiger partial charge in [0.2, 0.25) is 5.91 Å². The summed E-state index contributed by atoms with van der Waals surface area (Å²) in [6, 6.07) is 5.55. The Morgan fingerprint density at radius 1 is 1.40 bits per heavy atom. The predicted octanol–water partition coefficient (Wildman–Crippen LogP) is 2.65. The number of amides is 1. The number of methoxy groups -OCH3 is 1. The Morgan fingerprint density at radius 3 is 2.50 bits per heavy atom. The van der Waals surface area contributed by atoms with Crippen LogP contribution in [0.25, 0.3) is 0 Å². The van der Waals surface area contributed by atoms with Gasteiger partial charge in [0.05, 0.1) is 12.1 Å². The first-order chi connectivity index (χ1) is 9.57. The summed E-state index contributed by atoms with van der Waals surface area (Å²) in [5.41, 5.74) is 6.78. The van der Waals surface area contributed by atoms with Crippen molar-refractivity contribution in [2.24, 2.45) is 5.73 Å². The van der Waals surface area contributed by atoms with Crippen LogP contribution in [0.4, 0.5) is 0 Å². The Hall–Kier alpha value is -1.26. The van der Waals surface area contributed by atoms with E-state index in [1.165, 1.54) is 0 Å². The summed E-state index contributed by atoms with van der Waals surface area (Å²) in [5.74, 6) is 0.727. The summed E-state index contributed by atoms with van der Waals surface area (Å²) in [5, 5.41) is 0.540. The first-order valence-electron chi connectivity index (χ1n) is 6.88. The highest BCUT2D eigenvalue weighted by molar-refractivity contribution is 6.32. The van der Waals surface area contributed by atoms with Gasteiger partial charge in [0, 0.05) is 25.4 Å². The van der Waals surface area contributed by atoms with E-state index in [2.05, 4.69) is 0 Å². The summed E-state index contributed by atoms with van der Waals surface area (Å²) in [4.78, 5) is 14.0. The van der Waals surface area contributed by atoms with E-state index in [9.17, 15) is 4.79 Å². The topological polar surface area (TPSA) is 55.6 Å². The van der Waals surface area contributed by atoms with Crippen LogP contribution in [-0.4, -0.2) is 37.6 Å². The van der Waals surface area contributed by atoms with Crippen LogP contribution in [-0.2, 0) is 4.79 Å². The van der Waals surface area contributed by atoms with Crippen LogP contribution in [0.3, 0.4) is 0 Å². The fourth-order valence-corrected chi connectivity index (χ4v) is 2.46. The fraction of sp³-hybridized carbons (Fsp3) is 0.533. The second-order valence-corrected chi connectivity index (χ2v) is 5.00. The molecule has 0 aliphatic carbocycles. The first-order valence-corrected chi connectivity index (χ1v) is 7.26. The Kier molecular flexibility index (Phi) is 6.82. The van der Waals surface area contributed by atoms with Gasteiger partial charge < -0.3 is 15.4 Å². The lowest BCUT2D eigenvalue weighted by atomic mass is 9.95. The molecule has 1 unspecified atom stereocenters. The van der Waals surface area contributed by atoms with E-state index in [1.54, 1.807) is 7.11 Å². The van der Waals surface area contributed by atoms with Gasteiger partial charge in [-0.05, 0) is 38.1 Å². The van der Waals surface area contributed by atoms with Gasteiger partial charge >= 0.3 is 0 Å². The average Bonchev–Trinajstić information content (AvgIpc) is 2.46. The molecule has 2 N–H and O–H groups in total. The molecule has 1 rings (SSSR count). The molecule has 0 aliphatic rings. The van der Waals surface area contributed by atoms with Crippen molar-refractivity contribution in [3.63, 3.8) is 0 Å². The lowest BCUT2D eigenvalue weighted by Crippen LogP contribution is -2.32. The number of nitrogens with zero attached hydrogens (tertiary/aromatic N) is 1. The molecule has 0 radical (unpaired) electrons. The van der Waals surface area contributed by atoms with E-state index in [0.29, 0.717) is 23.7 Å². The van der Waals surface area contributed by atoms with Gasteiger partial charge in [-0.3, -0.25) is 4.79 Å². The lowest BCUT2D eigenvalue weighted by molar-refractivity contribution is -0.131. The predicted molar refractivity (Wildman–Crippen MR) is 82.3 cm³/mol. The average molecular weight is 299 g/mol. The van der Waals surface area contributed by atoms with Crippen LogP contribution in [0.5, 0.6) is 5.75 Å². The first kappa shape index (κ1) is 16.8. The maximum atomic E-state index is 12.2. The molecule has 0 fully saturated rings. The second kappa shape index (κ2) is 8.12. The number of benzene rings is 1. The van der Waals surface area contributed by atoms with Gasteiger partial charge in [-0.25, -0.2) is 0 Å². The third-order valence-corrected chi connectivity index (χ3v) is 3.76. The van der Waals surface area contributed by atoms with Crippen LogP contribution in [0.15, 0.2) is 18.2 Å². The normalized spacial score (nSPS) is 12.1. The summed E-state index contributed by atoms with van der Waals surface area (Å²) in [6.07, 6.45) is 0.404. The third-order valence-electron chi connectivity index (χ3n) is 3.47. The minimum atomic E-state index is -0.0218. The maximum absolute atomic E-state index is 12.2. The van der Waals surface area contributed by atoms with Crippen LogP contribution in [0.2, 0.25) is 5.02 Å². The SMILES string of the molecule is CCN(CC)C(=O)CC(CN)c1ccc(OC)c(Cl)c1. The van der Waals surface area contributed by atoms with E-state index < -0.39 is 0 Å². The monoisotopic (exact) mass is 298 g/mol. The molecular formula is C15H23ClN2O2. The number of rotatable bonds is 7. The van der Waals surface area contributed by atoms with Crippen LogP contribution < -0.4 is 10.5 Å². The Balaban J connectivity index is 2.85. The number of hydrogen-bond acceptors (Lipinski definition) is 3. The Morgan fingerprint density at radius 2 is 2.05 bits per heavy atom. The molecule has 0 saturated carbocycles. The highest BCUT2D eigenvalue weighted by Crippen LogP contribution is 2.29. The molecule has 20 heavy (non-hydrogen) atoms. The van der Waals surface area contributed by atoms with Gasteiger partial charge in [-0.15, -0.1) is 0 Å². The van der Waals surface area contributed by atoms with Crippen molar-refractivity contribution in [3.8, 4) is 5.75 Å². The van der Waals surface area contributed by atoms with Crippen molar-refractivity contribution in [2.75, 3.05) is 26.7 Å². The third kappa shape index (κ3) is 4.12. The summed E-state index contributed by atoms with van der Waals surface area (Å²) < 4.78 is 5.13. The van der Waals surface area contributed by atoms with Crippen molar-refractivity contribution in [2.45, 2.75) is 26.2 Å². The minimum Gasteiger partial charge on any atom is -0.495 e. The number of ether oxygens (including phenoxy) is 1. The zero-order chi connectivity index (χ0) is 15.1. The zero-order valence-electron chi connectivity index (χ0n) is 12.4. The van der Waals surface area contributed by atoms with E-state index >= 15 is 0 Å². The molecule has 5 heteroatoms. The van der Waals surface area contributed by atoms with Gasteiger partial charge in [0.15, 0.2) is 0 Å². The summed E-state index contributed by atoms with van der Waals surface area (Å²) in [7, 11) is 1.57. The highest BCUT2D eigenvalue weighted by Gasteiger charge is 2.19. The molecule has 1 aromatic carbocycles. The summed E-state index contributed by atoms with van der Waals surface area (Å²) in [6.45, 7) is 5.80. The van der Waals surface area contributed by atoms with Crippen LogP contribution >= 0.6 is 11.6 Å². The molecule has 1 aromatic rings. The number of carbonyl (C=O) groups is 1. The van der Waals surface area contributed by atoms with Crippen molar-refractivity contribution in [1.29, 1.82) is 0 Å². The molecule has 0 bridgehead atoms.